The summed E-state index contributed by atoms with van der Waals surface area (Å²) in [6.07, 6.45) is 7.76. The highest BCUT2D eigenvalue weighted by Gasteiger charge is 2.52. The number of allylic oxidation sites excluding steroid dienone is 2. The zero-order valence-electron chi connectivity index (χ0n) is 17.7. The Morgan fingerprint density at radius 1 is 1.26 bits per heavy atom. The maximum atomic E-state index is 11.0. The van der Waals surface area contributed by atoms with E-state index in [-0.39, 0.29) is 22.6 Å². The Bertz CT molecular complexity index is 1050. The molecule has 3 aliphatic rings. The molecule has 6 nitrogen and oxygen atoms in total. The van der Waals surface area contributed by atoms with Gasteiger partial charge in [-0.15, -0.1) is 0 Å². The molecule has 1 fully saturated rings. The third-order valence-electron chi connectivity index (χ3n) is 7.83. The van der Waals surface area contributed by atoms with Crippen molar-refractivity contribution in [2.75, 3.05) is 0 Å². The van der Waals surface area contributed by atoms with Crippen LogP contribution in [0.2, 0.25) is 0 Å². The van der Waals surface area contributed by atoms with Crippen LogP contribution < -0.4 is 5.48 Å². The minimum absolute atomic E-state index is 0.0677. The van der Waals surface area contributed by atoms with Crippen molar-refractivity contribution in [2.45, 2.75) is 51.6 Å². The lowest BCUT2D eigenvalue weighted by Crippen LogP contribution is -2.43. The first-order chi connectivity index (χ1) is 15.0. The second-order valence-corrected chi connectivity index (χ2v) is 9.43. The summed E-state index contributed by atoms with van der Waals surface area (Å²) in [5.41, 5.74) is 8.02. The van der Waals surface area contributed by atoms with Crippen LogP contribution in [-0.2, 0) is 17.9 Å². The molecule has 0 radical (unpaired) electrons. The minimum atomic E-state index is -0.385. The first kappa shape index (κ1) is 20.1. The Morgan fingerprint density at radius 3 is 2.97 bits per heavy atom. The van der Waals surface area contributed by atoms with E-state index in [2.05, 4.69) is 24.5 Å². The number of aromatic hydroxyl groups is 1. The van der Waals surface area contributed by atoms with Crippen LogP contribution in [0.25, 0.3) is 0 Å². The number of nitrogens with one attached hydrogen (secondary N) is 1. The molecule has 2 aromatic carbocycles. The summed E-state index contributed by atoms with van der Waals surface area (Å²) in [6, 6.07) is 12.5. The number of nitro benzene ring substituents is 1. The second kappa shape index (κ2) is 7.68. The SMILES string of the molecule is C[C@]12CC[C@@H]3c4ccc(O)cc4CC[C@H]3[C@@H]1CC=C2NOCc1cccc([N+](=O)[O-])c1. The Kier molecular flexibility index (Phi) is 4.97. The number of rotatable bonds is 5. The van der Waals surface area contributed by atoms with Crippen LogP contribution >= 0.6 is 0 Å². The fourth-order valence-corrected chi connectivity index (χ4v) is 6.25. The van der Waals surface area contributed by atoms with Gasteiger partial charge in [0.15, 0.2) is 0 Å². The number of hydroxylamine groups is 1. The van der Waals surface area contributed by atoms with Crippen LogP contribution in [0.1, 0.15) is 55.2 Å². The number of phenolic OH excluding ortho intramolecular Hbond substituents is 1. The maximum absolute atomic E-state index is 11.0. The maximum Gasteiger partial charge on any atom is 0.269 e. The van der Waals surface area contributed by atoms with Crippen LogP contribution in [0.15, 0.2) is 54.2 Å². The molecule has 2 aromatic rings. The van der Waals surface area contributed by atoms with Crippen molar-refractivity contribution in [3.63, 3.8) is 0 Å². The van der Waals surface area contributed by atoms with Crippen LogP contribution in [0.5, 0.6) is 5.75 Å². The molecule has 0 unspecified atom stereocenters. The number of hydrogen-bond donors (Lipinski definition) is 2. The van der Waals surface area contributed by atoms with Gasteiger partial charge in [0.2, 0.25) is 0 Å². The molecule has 4 atom stereocenters. The van der Waals surface area contributed by atoms with Gasteiger partial charge in [-0.05, 0) is 78.7 Å². The van der Waals surface area contributed by atoms with Gasteiger partial charge in [0.05, 0.1) is 11.5 Å². The van der Waals surface area contributed by atoms with Crippen molar-refractivity contribution in [2.24, 2.45) is 17.3 Å². The molecular formula is C25H28N2O4. The monoisotopic (exact) mass is 420 g/mol. The van der Waals surface area contributed by atoms with E-state index < -0.39 is 0 Å². The number of non-ortho nitro benzene ring substituents is 1. The van der Waals surface area contributed by atoms with Crippen molar-refractivity contribution in [1.82, 2.24) is 5.48 Å². The number of nitrogens with zero attached hydrogens (tertiary/aromatic N) is 1. The first-order valence-corrected chi connectivity index (χ1v) is 11.1. The highest BCUT2D eigenvalue weighted by atomic mass is 16.6. The van der Waals surface area contributed by atoms with Gasteiger partial charge in [-0.1, -0.05) is 31.2 Å². The van der Waals surface area contributed by atoms with Gasteiger partial charge >= 0.3 is 0 Å². The predicted molar refractivity (Wildman–Crippen MR) is 117 cm³/mol. The molecule has 6 heteroatoms. The summed E-state index contributed by atoms with van der Waals surface area (Å²) in [5.74, 6) is 2.16. The molecule has 2 N–H and O–H groups in total. The summed E-state index contributed by atoms with van der Waals surface area (Å²) in [6.45, 7) is 2.63. The Morgan fingerprint density at radius 2 is 2.13 bits per heavy atom. The molecule has 0 aromatic heterocycles. The van der Waals surface area contributed by atoms with Crippen molar-refractivity contribution in [1.29, 1.82) is 0 Å². The van der Waals surface area contributed by atoms with Crippen LogP contribution in [0.3, 0.4) is 0 Å². The van der Waals surface area contributed by atoms with Crippen LogP contribution in [0.4, 0.5) is 5.69 Å². The Labute approximate surface area is 182 Å². The Balaban J connectivity index is 1.26. The molecule has 0 bridgehead atoms. The van der Waals surface area contributed by atoms with E-state index in [1.54, 1.807) is 12.1 Å². The van der Waals surface area contributed by atoms with Gasteiger partial charge in [-0.3, -0.25) is 20.4 Å². The molecule has 0 saturated heterocycles. The third kappa shape index (κ3) is 3.49. The van der Waals surface area contributed by atoms with Crippen molar-refractivity contribution in [3.8, 4) is 5.75 Å². The second-order valence-electron chi connectivity index (χ2n) is 9.43. The van der Waals surface area contributed by atoms with E-state index in [0.717, 1.165) is 43.4 Å². The van der Waals surface area contributed by atoms with Crippen molar-refractivity contribution >= 4 is 5.69 Å². The van der Waals surface area contributed by atoms with E-state index in [1.807, 2.05) is 18.2 Å². The quantitative estimate of drug-likeness (QED) is 0.502. The van der Waals surface area contributed by atoms with Gasteiger partial charge in [-0.25, -0.2) is 0 Å². The van der Waals surface area contributed by atoms with Gasteiger partial charge in [0.1, 0.15) is 5.75 Å². The summed E-state index contributed by atoms with van der Waals surface area (Å²) in [7, 11) is 0. The average Bonchev–Trinajstić information content (AvgIpc) is 3.10. The number of hydrogen-bond acceptors (Lipinski definition) is 5. The molecule has 5 rings (SSSR count). The van der Waals surface area contributed by atoms with E-state index in [4.69, 9.17) is 4.84 Å². The normalized spacial score (nSPS) is 28.8. The van der Waals surface area contributed by atoms with Crippen LogP contribution in [0, 0.1) is 27.4 Å². The zero-order valence-corrected chi connectivity index (χ0v) is 17.7. The largest absolute Gasteiger partial charge is 0.508 e. The third-order valence-corrected chi connectivity index (χ3v) is 7.83. The summed E-state index contributed by atoms with van der Waals surface area (Å²) >= 11 is 0. The molecule has 0 amide bonds. The molecule has 0 aliphatic heterocycles. The summed E-state index contributed by atoms with van der Waals surface area (Å²) in [4.78, 5) is 16.4. The number of fused-ring (bicyclic) bond motifs is 5. The summed E-state index contributed by atoms with van der Waals surface area (Å²) in [5, 5.41) is 20.8. The van der Waals surface area contributed by atoms with E-state index in [0.29, 0.717) is 23.5 Å². The number of nitro groups is 1. The van der Waals surface area contributed by atoms with Gasteiger partial charge in [0.25, 0.3) is 5.69 Å². The molecule has 162 valence electrons. The van der Waals surface area contributed by atoms with Crippen molar-refractivity contribution < 1.29 is 14.9 Å². The topological polar surface area (TPSA) is 84.6 Å². The lowest BCUT2D eigenvalue weighted by Gasteiger charge is -2.50. The fourth-order valence-electron chi connectivity index (χ4n) is 6.25. The summed E-state index contributed by atoms with van der Waals surface area (Å²) < 4.78 is 0. The first-order valence-electron chi connectivity index (χ1n) is 11.1. The standard InChI is InChI=1S/C25H28N2O4/c1-25-12-11-21-20-8-6-19(28)14-17(20)5-7-22(21)23(25)9-10-24(25)26-31-15-16-3-2-4-18(13-16)27(29)30/h2-4,6,8,10,13-14,21-23,26,28H,5,7,9,11-12,15H2,1H3/t21-,22-,23+,25+/m1/s1. The zero-order chi connectivity index (χ0) is 21.6. The smallest absolute Gasteiger partial charge is 0.269 e. The van der Waals surface area contributed by atoms with E-state index in [9.17, 15) is 15.2 Å². The van der Waals surface area contributed by atoms with Gasteiger partial charge in [0, 0.05) is 23.2 Å². The number of benzene rings is 2. The molecular weight excluding hydrogens is 392 g/mol. The molecule has 1 saturated carbocycles. The van der Waals surface area contributed by atoms with Crippen LogP contribution in [-0.4, -0.2) is 10.0 Å². The molecule has 3 aliphatic carbocycles. The molecule has 0 heterocycles. The van der Waals surface area contributed by atoms with Gasteiger partial charge < -0.3 is 5.11 Å². The van der Waals surface area contributed by atoms with E-state index >= 15 is 0 Å². The highest BCUT2D eigenvalue weighted by molar-refractivity contribution is 5.41. The highest BCUT2D eigenvalue weighted by Crippen LogP contribution is 2.60. The number of aryl methyl sites for hydroxylation is 1. The van der Waals surface area contributed by atoms with Crippen molar-refractivity contribution in [3.05, 3.63) is 81.0 Å². The fraction of sp³-hybridized carbons (Fsp3) is 0.440. The Hall–Kier alpha value is -2.86. The van der Waals surface area contributed by atoms with E-state index in [1.165, 1.54) is 17.2 Å². The minimum Gasteiger partial charge on any atom is -0.508 e. The van der Waals surface area contributed by atoms with Gasteiger partial charge in [-0.2, -0.15) is 0 Å². The number of phenols is 1. The lowest BCUT2D eigenvalue weighted by molar-refractivity contribution is -0.385. The molecule has 0 spiro atoms. The lowest BCUT2D eigenvalue weighted by atomic mass is 9.55. The predicted octanol–water partition coefficient (Wildman–Crippen LogP) is 5.37. The molecule has 31 heavy (non-hydrogen) atoms. The average molecular weight is 421 g/mol.